The van der Waals surface area contributed by atoms with Crippen LogP contribution in [0.1, 0.15) is 61.9 Å². The number of azide groups is 1. The number of ether oxygens (including phenoxy) is 9. The molecule has 1 aliphatic carbocycles. The van der Waals surface area contributed by atoms with Crippen LogP contribution in [0.2, 0.25) is 0 Å². The molecule has 0 bridgehead atoms. The molecule has 8 rings (SSSR count). The average Bonchev–Trinajstić information content (AvgIpc) is 3.40. The Morgan fingerprint density at radius 1 is 0.465 bits per heavy atom. The molecule has 14 nitrogen and oxygen atoms in total. The molecule has 5 aromatic rings. The molecule has 0 amide bonds. The number of hydrogen-bond acceptors (Lipinski definition) is 12. The van der Waals surface area contributed by atoms with E-state index in [1.807, 2.05) is 159 Å². The number of hydrogen-bond donors (Lipinski definition) is 2. The molecule has 3 fully saturated rings. The fourth-order valence-corrected chi connectivity index (χ4v) is 9.98. The standard InChI is InChI=1S/C57H69N3O11/c1-5-45-37(2)38(3)51(64-32-41-23-13-7-14-24-41)57(68-45)70-50-39(4)47(59-60-58)56(69-46(50)36-63-31-40-21-11-6-12-22-40)71-53-49(62)48(61)52(65-33-42-25-15-8-16-26-42)54(66-34-43-27-17-9-18-28-43)55(53)67-35-44-29-19-10-20-30-44/h6-30,37-39,45-57,61-62H,5,31-36H2,1-4H3/t37-,38-,39+,45?,46?,47?,48?,49+,50-,51?,52-,53?,54?,55?,56-,57+/m0/s1. The summed E-state index contributed by atoms with van der Waals surface area (Å²) in [4.78, 5) is 3.29. The van der Waals surface area contributed by atoms with E-state index in [1.165, 1.54) is 0 Å². The molecule has 2 aliphatic heterocycles. The Labute approximate surface area is 417 Å². The topological polar surface area (TPSA) is 172 Å². The van der Waals surface area contributed by atoms with Crippen LogP contribution in [-0.2, 0) is 75.7 Å². The fourth-order valence-electron chi connectivity index (χ4n) is 9.98. The summed E-state index contributed by atoms with van der Waals surface area (Å²) in [5.41, 5.74) is 14.8. The zero-order valence-corrected chi connectivity index (χ0v) is 41.0. The van der Waals surface area contributed by atoms with Crippen LogP contribution in [0.4, 0.5) is 0 Å². The lowest BCUT2D eigenvalue weighted by atomic mass is 9.82. The lowest BCUT2D eigenvalue weighted by Gasteiger charge is -2.51. The van der Waals surface area contributed by atoms with Gasteiger partial charge in [0.1, 0.15) is 48.8 Å². The molecule has 2 saturated heterocycles. The second-order valence-electron chi connectivity index (χ2n) is 19.0. The maximum absolute atomic E-state index is 12.3. The predicted molar refractivity (Wildman–Crippen MR) is 266 cm³/mol. The number of benzene rings is 5. The van der Waals surface area contributed by atoms with Crippen LogP contribution < -0.4 is 0 Å². The molecule has 2 heterocycles. The maximum atomic E-state index is 12.3. The Balaban J connectivity index is 1.11. The summed E-state index contributed by atoms with van der Waals surface area (Å²) in [5.74, 6) is -0.328. The van der Waals surface area contributed by atoms with Crippen molar-refractivity contribution in [3.05, 3.63) is 190 Å². The van der Waals surface area contributed by atoms with Gasteiger partial charge in [-0.1, -0.05) is 184 Å². The van der Waals surface area contributed by atoms with E-state index in [0.29, 0.717) is 6.61 Å². The van der Waals surface area contributed by atoms with Crippen molar-refractivity contribution in [2.24, 2.45) is 22.9 Å². The van der Waals surface area contributed by atoms with Crippen molar-refractivity contribution in [1.29, 1.82) is 0 Å². The Bertz CT molecular complexity index is 2350. The highest BCUT2D eigenvalue weighted by atomic mass is 16.7. The van der Waals surface area contributed by atoms with Gasteiger partial charge in [0.15, 0.2) is 12.6 Å². The minimum atomic E-state index is -1.58. The van der Waals surface area contributed by atoms with Gasteiger partial charge in [0.25, 0.3) is 0 Å². The normalized spacial score (nSPS) is 31.9. The summed E-state index contributed by atoms with van der Waals surface area (Å²) in [5, 5.41) is 28.8. The molecule has 0 radical (unpaired) electrons. The van der Waals surface area contributed by atoms with Crippen molar-refractivity contribution in [3.63, 3.8) is 0 Å². The van der Waals surface area contributed by atoms with Crippen LogP contribution in [0.3, 0.4) is 0 Å². The summed E-state index contributed by atoms with van der Waals surface area (Å²) in [6.07, 6.45) is -10.9. The molecule has 2 N–H and O–H groups in total. The second kappa shape index (κ2) is 26.1. The van der Waals surface area contributed by atoms with Crippen molar-refractivity contribution in [1.82, 2.24) is 0 Å². The zero-order valence-electron chi connectivity index (χ0n) is 41.0. The monoisotopic (exact) mass is 971 g/mol. The van der Waals surface area contributed by atoms with Crippen molar-refractivity contribution in [3.8, 4) is 0 Å². The maximum Gasteiger partial charge on any atom is 0.184 e. The summed E-state index contributed by atoms with van der Waals surface area (Å²) >= 11 is 0. The minimum absolute atomic E-state index is 0.0557. The lowest BCUT2D eigenvalue weighted by molar-refractivity contribution is -0.351. The molecule has 14 heteroatoms. The molecule has 0 spiro atoms. The van der Waals surface area contributed by atoms with E-state index in [1.54, 1.807) is 0 Å². The van der Waals surface area contributed by atoms with Crippen molar-refractivity contribution < 1.29 is 52.8 Å². The summed E-state index contributed by atoms with van der Waals surface area (Å²) in [7, 11) is 0. The van der Waals surface area contributed by atoms with Gasteiger partial charge in [0, 0.05) is 4.91 Å². The summed E-state index contributed by atoms with van der Waals surface area (Å²) in [6.45, 7) is 9.47. The lowest BCUT2D eigenvalue weighted by Crippen LogP contribution is -2.68. The van der Waals surface area contributed by atoms with E-state index in [4.69, 9.17) is 42.6 Å². The second-order valence-corrected chi connectivity index (χ2v) is 19.0. The van der Waals surface area contributed by atoms with Gasteiger partial charge in [-0.15, -0.1) is 0 Å². The summed E-state index contributed by atoms with van der Waals surface area (Å²) in [6, 6.07) is 47.7. The SMILES string of the molecule is CCC1O[C@H](O[C@@H]2C(COCc3ccccc3)O[C@@H](OC3C(OCc4ccccc4)C(OCc4ccccc4)[C@@H](OCc4ccccc4)C(O)[C@H]3O)C(N=[N+]=[N-])[C@H]2C)C(OCc2ccccc2)[C@@H](C)[C@@H]1C. The first-order chi connectivity index (χ1) is 34.7. The number of nitrogens with zero attached hydrogens (tertiary/aromatic N) is 3. The van der Waals surface area contributed by atoms with Gasteiger partial charge in [-0.2, -0.15) is 0 Å². The van der Waals surface area contributed by atoms with Crippen molar-refractivity contribution in [2.75, 3.05) is 6.61 Å². The largest absolute Gasteiger partial charge is 0.387 e. The van der Waals surface area contributed by atoms with Gasteiger partial charge in [0.2, 0.25) is 0 Å². The van der Waals surface area contributed by atoms with Crippen LogP contribution in [0.5, 0.6) is 0 Å². The molecule has 8 unspecified atom stereocenters. The third-order valence-corrected chi connectivity index (χ3v) is 14.2. The Morgan fingerprint density at radius 2 is 0.859 bits per heavy atom. The number of aliphatic hydroxyl groups excluding tert-OH is 2. The minimum Gasteiger partial charge on any atom is -0.387 e. The number of aliphatic hydroxyl groups is 2. The highest BCUT2D eigenvalue weighted by Crippen LogP contribution is 2.41. The molecular weight excluding hydrogens is 903 g/mol. The van der Waals surface area contributed by atoms with Crippen molar-refractivity contribution >= 4 is 0 Å². The molecule has 16 atom stereocenters. The quantitative estimate of drug-likeness (QED) is 0.0385. The highest BCUT2D eigenvalue weighted by molar-refractivity contribution is 5.18. The van der Waals surface area contributed by atoms with Gasteiger partial charge < -0.3 is 52.8 Å². The first-order valence-corrected chi connectivity index (χ1v) is 25.0. The first-order valence-electron chi connectivity index (χ1n) is 25.0. The van der Waals surface area contributed by atoms with Crippen LogP contribution in [0.15, 0.2) is 157 Å². The Kier molecular flexibility index (Phi) is 19.2. The van der Waals surface area contributed by atoms with Crippen LogP contribution >= 0.6 is 0 Å². The van der Waals surface area contributed by atoms with Crippen LogP contribution in [0, 0.1) is 17.8 Å². The predicted octanol–water partition coefficient (Wildman–Crippen LogP) is 9.50. The van der Waals surface area contributed by atoms with E-state index < -0.39 is 79.5 Å². The molecule has 5 aromatic carbocycles. The van der Waals surface area contributed by atoms with Gasteiger partial charge >= 0.3 is 0 Å². The zero-order chi connectivity index (χ0) is 49.5. The third kappa shape index (κ3) is 13.5. The molecule has 378 valence electrons. The number of rotatable bonds is 22. The van der Waals surface area contributed by atoms with Gasteiger partial charge in [-0.3, -0.25) is 0 Å². The fraction of sp³-hybridized carbons (Fsp3) is 0.474. The van der Waals surface area contributed by atoms with E-state index in [0.717, 1.165) is 34.2 Å². The van der Waals surface area contributed by atoms with Gasteiger partial charge in [0.05, 0.1) is 57.9 Å². The van der Waals surface area contributed by atoms with E-state index in [2.05, 4.69) is 30.8 Å². The third-order valence-electron chi connectivity index (χ3n) is 14.2. The van der Waals surface area contributed by atoms with E-state index in [-0.39, 0.29) is 51.0 Å². The smallest absolute Gasteiger partial charge is 0.184 e. The van der Waals surface area contributed by atoms with Crippen LogP contribution in [-0.4, -0.2) is 96.5 Å². The average molecular weight is 972 g/mol. The van der Waals surface area contributed by atoms with Crippen molar-refractivity contribution in [2.45, 2.75) is 147 Å². The van der Waals surface area contributed by atoms with Gasteiger partial charge in [-0.25, -0.2) is 0 Å². The van der Waals surface area contributed by atoms with E-state index in [9.17, 15) is 15.7 Å². The summed E-state index contributed by atoms with van der Waals surface area (Å²) < 4.78 is 60.8. The first kappa shape index (κ1) is 52.3. The van der Waals surface area contributed by atoms with Gasteiger partial charge in [-0.05, 0) is 57.5 Å². The molecule has 1 saturated carbocycles. The molecule has 3 aliphatic rings. The molecular formula is C57H69N3O11. The van der Waals surface area contributed by atoms with E-state index >= 15 is 0 Å². The Morgan fingerprint density at radius 3 is 1.32 bits per heavy atom. The Hall–Kier alpha value is -5.03. The van der Waals surface area contributed by atoms with Crippen LogP contribution in [0.25, 0.3) is 10.4 Å². The highest BCUT2D eigenvalue weighted by Gasteiger charge is 2.56. The molecule has 0 aromatic heterocycles. The molecule has 71 heavy (non-hydrogen) atoms.